The van der Waals surface area contributed by atoms with Gasteiger partial charge in [-0.05, 0) is 78.6 Å². The Bertz CT molecular complexity index is 1670. The number of ether oxygens (including phenoxy) is 1. The predicted molar refractivity (Wildman–Crippen MR) is 151 cm³/mol. The van der Waals surface area contributed by atoms with Crippen LogP contribution >= 0.6 is 0 Å². The summed E-state index contributed by atoms with van der Waals surface area (Å²) in [6.07, 6.45) is -10.2. The number of aliphatic carboxylic acids is 1. The number of alkyl halides is 6. The number of carbonyl (C=O) groups is 1. The quantitative estimate of drug-likeness (QED) is 0.170. The molecule has 2 atom stereocenters. The van der Waals surface area contributed by atoms with Crippen molar-refractivity contribution in [3.8, 4) is 5.75 Å². The van der Waals surface area contributed by atoms with Crippen molar-refractivity contribution in [1.29, 1.82) is 0 Å². The first kappa shape index (κ1) is 33.3. The van der Waals surface area contributed by atoms with Gasteiger partial charge in [-0.15, -0.1) is 0 Å². The molecule has 0 spiro atoms. The number of hydrogen-bond donors (Lipinski definition) is 2. The van der Waals surface area contributed by atoms with E-state index < -0.39 is 58.0 Å². The molecule has 0 amide bonds. The van der Waals surface area contributed by atoms with Gasteiger partial charge in [-0.25, -0.2) is 13.6 Å². The molecule has 2 unspecified atom stereocenters. The molecule has 238 valence electrons. The van der Waals surface area contributed by atoms with E-state index in [0.717, 1.165) is 42.5 Å². The highest BCUT2D eigenvalue weighted by molar-refractivity contribution is 5.77. The summed E-state index contributed by atoms with van der Waals surface area (Å²) in [5.74, 6) is -4.31. The van der Waals surface area contributed by atoms with E-state index in [9.17, 15) is 40.6 Å². The number of nitrogens with one attached hydrogen (secondary N) is 1. The van der Waals surface area contributed by atoms with Crippen molar-refractivity contribution in [2.24, 2.45) is 0 Å². The van der Waals surface area contributed by atoms with Gasteiger partial charge in [0.15, 0.2) is 11.6 Å². The number of halogens is 8. The molecule has 45 heavy (non-hydrogen) atoms. The zero-order valence-electron chi connectivity index (χ0n) is 23.9. The Balaban J connectivity index is 2.07. The van der Waals surface area contributed by atoms with Crippen LogP contribution in [0.4, 0.5) is 40.8 Å². The number of carboxylic acids is 1. The van der Waals surface area contributed by atoms with E-state index >= 15 is 4.39 Å². The molecule has 4 aromatic rings. The fourth-order valence-corrected chi connectivity index (χ4v) is 4.84. The van der Waals surface area contributed by atoms with Crippen LogP contribution in [0, 0.1) is 11.6 Å². The number of hydrogen-bond acceptors (Lipinski definition) is 3. The van der Waals surface area contributed by atoms with Gasteiger partial charge >= 0.3 is 18.3 Å². The van der Waals surface area contributed by atoms with Gasteiger partial charge in [0.25, 0.3) is 0 Å². The normalized spacial score (nSPS) is 14.7. The lowest BCUT2D eigenvalue weighted by atomic mass is 9.77. The Morgan fingerprint density at radius 3 is 2.00 bits per heavy atom. The molecule has 0 fully saturated rings. The molecule has 0 saturated heterocycles. The Labute approximate surface area is 253 Å². The fraction of sp³-hybridized carbons (Fsp3) is 0.242. The van der Waals surface area contributed by atoms with Crippen molar-refractivity contribution in [3.63, 3.8) is 0 Å². The van der Waals surface area contributed by atoms with E-state index in [1.165, 1.54) is 19.9 Å². The zero-order valence-corrected chi connectivity index (χ0v) is 23.9. The minimum atomic E-state index is -5.01. The molecule has 2 N–H and O–H groups in total. The summed E-state index contributed by atoms with van der Waals surface area (Å²) in [7, 11) is 0. The lowest BCUT2D eigenvalue weighted by Crippen LogP contribution is -2.42. The van der Waals surface area contributed by atoms with E-state index in [1.54, 1.807) is 30.3 Å². The third-order valence-electron chi connectivity index (χ3n) is 7.46. The molecule has 0 aliphatic heterocycles. The van der Waals surface area contributed by atoms with Gasteiger partial charge in [0, 0.05) is 12.1 Å². The molecule has 0 heterocycles. The Morgan fingerprint density at radius 2 is 1.40 bits per heavy atom. The van der Waals surface area contributed by atoms with Gasteiger partial charge < -0.3 is 15.2 Å². The molecule has 0 bridgehead atoms. The molecule has 0 aliphatic rings. The Hall–Kier alpha value is -4.61. The van der Waals surface area contributed by atoms with Crippen molar-refractivity contribution < 1.29 is 49.8 Å². The Morgan fingerprint density at radius 1 is 0.756 bits per heavy atom. The summed E-state index contributed by atoms with van der Waals surface area (Å²) in [6, 6.07) is 16.8. The molecule has 0 radical (unpaired) electrons. The third-order valence-corrected chi connectivity index (χ3v) is 7.46. The SMILES string of the molecule is CCC(C)(Oc1cc(C(Cc2ccccc2)(Nc2cccc(C(F)(F)F)c2)c2cc(F)cc(C(F)(F)F)c2)ccc1F)C(=O)O. The largest absolute Gasteiger partial charge is 0.478 e. The van der Waals surface area contributed by atoms with Crippen LogP contribution in [0.2, 0.25) is 0 Å². The van der Waals surface area contributed by atoms with Crippen LogP contribution in [0.5, 0.6) is 5.75 Å². The maximum atomic E-state index is 15.1. The van der Waals surface area contributed by atoms with Gasteiger partial charge in [0.1, 0.15) is 5.82 Å². The van der Waals surface area contributed by atoms with Crippen LogP contribution < -0.4 is 10.1 Å². The summed E-state index contributed by atoms with van der Waals surface area (Å²) < 4.78 is 119. The van der Waals surface area contributed by atoms with Gasteiger partial charge in [-0.3, -0.25) is 0 Å². The highest BCUT2D eigenvalue weighted by atomic mass is 19.4. The summed E-state index contributed by atoms with van der Waals surface area (Å²) in [5.41, 5.74) is -6.50. The van der Waals surface area contributed by atoms with Crippen LogP contribution in [0.3, 0.4) is 0 Å². The lowest BCUT2D eigenvalue weighted by Gasteiger charge is -2.38. The monoisotopic (exact) mass is 637 g/mol. The van der Waals surface area contributed by atoms with Gasteiger partial charge in [0.2, 0.25) is 5.60 Å². The first-order valence-corrected chi connectivity index (χ1v) is 13.6. The van der Waals surface area contributed by atoms with Crippen LogP contribution in [0.1, 0.15) is 48.1 Å². The van der Waals surface area contributed by atoms with Crippen molar-refractivity contribution in [3.05, 3.63) is 130 Å². The maximum Gasteiger partial charge on any atom is 0.416 e. The average molecular weight is 638 g/mol. The molecule has 12 heteroatoms. The molecule has 4 nitrogen and oxygen atoms in total. The minimum Gasteiger partial charge on any atom is -0.478 e. The summed E-state index contributed by atoms with van der Waals surface area (Å²) >= 11 is 0. The predicted octanol–water partition coefficient (Wildman–Crippen LogP) is 9.23. The van der Waals surface area contributed by atoms with Crippen molar-refractivity contribution in [1.82, 2.24) is 0 Å². The molecule has 4 aromatic carbocycles. The number of benzene rings is 4. The van der Waals surface area contributed by atoms with Crippen LogP contribution in [-0.4, -0.2) is 16.7 Å². The van der Waals surface area contributed by atoms with Gasteiger partial charge in [-0.2, -0.15) is 26.3 Å². The first-order chi connectivity index (χ1) is 21.0. The summed E-state index contributed by atoms with van der Waals surface area (Å²) in [4.78, 5) is 11.9. The van der Waals surface area contributed by atoms with Crippen molar-refractivity contribution in [2.75, 3.05) is 5.32 Å². The molecule has 0 aliphatic carbocycles. The third kappa shape index (κ3) is 7.38. The minimum absolute atomic E-state index is 0.0530. The van der Waals surface area contributed by atoms with E-state index in [0.29, 0.717) is 11.6 Å². The van der Waals surface area contributed by atoms with Crippen molar-refractivity contribution in [2.45, 2.75) is 50.2 Å². The van der Waals surface area contributed by atoms with E-state index in [4.69, 9.17) is 4.74 Å². The van der Waals surface area contributed by atoms with Crippen LogP contribution in [0.15, 0.2) is 91.0 Å². The average Bonchev–Trinajstić information content (AvgIpc) is 2.97. The molecule has 0 saturated carbocycles. The second-order valence-electron chi connectivity index (χ2n) is 10.6. The standard InChI is InChI=1S/C33H27F8NO3/c1-3-30(2,29(43)44)45-28-18-21(12-13-27(28)35)31(19-20-8-5-4-6-9-20,23-14-24(33(39,40)41)16-25(34)15-23)42-26-11-7-10-22(17-26)32(36,37)38/h4-18,42H,3,19H2,1-2H3,(H,43,44). The number of carboxylic acid groups (broad SMARTS) is 1. The van der Waals surface area contributed by atoms with Gasteiger partial charge in [0.05, 0.1) is 16.7 Å². The second kappa shape index (κ2) is 12.4. The zero-order chi connectivity index (χ0) is 33.2. The molecular weight excluding hydrogens is 610 g/mol. The molecular formula is C33H27F8NO3. The summed E-state index contributed by atoms with van der Waals surface area (Å²) in [6.45, 7) is 2.68. The van der Waals surface area contributed by atoms with Gasteiger partial charge in [-0.1, -0.05) is 49.4 Å². The van der Waals surface area contributed by atoms with E-state index in [1.807, 2.05) is 0 Å². The number of anilines is 1. The maximum absolute atomic E-state index is 15.1. The Kier molecular flexibility index (Phi) is 9.18. The smallest absolute Gasteiger partial charge is 0.416 e. The molecule has 0 aromatic heterocycles. The summed E-state index contributed by atoms with van der Waals surface area (Å²) in [5, 5.41) is 12.6. The van der Waals surface area contributed by atoms with Crippen LogP contribution in [0.25, 0.3) is 0 Å². The topological polar surface area (TPSA) is 58.6 Å². The highest BCUT2D eigenvalue weighted by Crippen LogP contribution is 2.43. The van der Waals surface area contributed by atoms with E-state index in [-0.39, 0.29) is 35.7 Å². The number of rotatable bonds is 10. The fourth-order valence-electron chi connectivity index (χ4n) is 4.84. The highest BCUT2D eigenvalue weighted by Gasteiger charge is 2.41. The van der Waals surface area contributed by atoms with E-state index in [2.05, 4.69) is 5.32 Å². The first-order valence-electron chi connectivity index (χ1n) is 13.6. The lowest BCUT2D eigenvalue weighted by molar-refractivity contribution is -0.154. The van der Waals surface area contributed by atoms with Crippen molar-refractivity contribution >= 4 is 11.7 Å². The molecule has 4 rings (SSSR count). The second-order valence-corrected chi connectivity index (χ2v) is 10.6. The van der Waals surface area contributed by atoms with Crippen LogP contribution in [-0.2, 0) is 29.1 Å².